The molecule has 0 spiro atoms. The fraction of sp³-hybridized carbons (Fsp3) is 0.667. The number of hydrogen-bond donors (Lipinski definition) is 0. The summed E-state index contributed by atoms with van der Waals surface area (Å²) in [4.78, 5) is 8.83. The quantitative estimate of drug-likeness (QED) is 0.192. The minimum Gasteiger partial charge on any atom is -0.487 e. The zero-order valence-corrected chi connectivity index (χ0v) is 21.9. The summed E-state index contributed by atoms with van der Waals surface area (Å²) in [6.07, 6.45) is 19.6. The Morgan fingerprint density at radius 2 is 1.38 bits per heavy atom. The van der Waals surface area contributed by atoms with Crippen LogP contribution in [0.3, 0.4) is 0 Å². The molecule has 0 bridgehead atoms. The van der Waals surface area contributed by atoms with E-state index in [-0.39, 0.29) is 6.61 Å². The van der Waals surface area contributed by atoms with Crippen molar-refractivity contribution in [2.75, 3.05) is 6.61 Å². The molecule has 0 saturated carbocycles. The van der Waals surface area contributed by atoms with Gasteiger partial charge >= 0.3 is 0 Å². The Morgan fingerprint density at radius 3 is 1.97 bits per heavy atom. The number of aryl methyl sites for hydroxylation is 1. The van der Waals surface area contributed by atoms with E-state index in [2.05, 4.69) is 55.0 Å². The Kier molecular flexibility index (Phi) is 14.5. The fourth-order valence-electron chi connectivity index (χ4n) is 4.12. The highest BCUT2D eigenvalue weighted by atomic mass is 19.1. The second kappa shape index (κ2) is 17.5. The third-order valence-corrected chi connectivity index (χ3v) is 6.76. The fourth-order valence-corrected chi connectivity index (χ4v) is 4.12. The first-order chi connectivity index (χ1) is 16.6. The lowest BCUT2D eigenvalue weighted by molar-refractivity contribution is 0.178. The van der Waals surface area contributed by atoms with E-state index >= 15 is 0 Å². The molecule has 190 valence electrons. The third kappa shape index (κ3) is 11.9. The highest BCUT2D eigenvalue weighted by Gasteiger charge is 2.10. The Hall–Kier alpha value is -1.97. The summed E-state index contributed by atoms with van der Waals surface area (Å²) in [5, 5.41) is 0. The Balaban J connectivity index is 1.63. The van der Waals surface area contributed by atoms with Gasteiger partial charge in [-0.2, -0.15) is 0 Å². The van der Waals surface area contributed by atoms with Crippen LogP contribution in [0.4, 0.5) is 4.39 Å². The van der Waals surface area contributed by atoms with Gasteiger partial charge in [0.05, 0.1) is 12.4 Å². The number of unbranched alkanes of at least 4 members (excludes halogenated alkanes) is 9. The van der Waals surface area contributed by atoms with Gasteiger partial charge in [-0.15, -0.1) is 0 Å². The number of benzene rings is 1. The lowest BCUT2D eigenvalue weighted by Crippen LogP contribution is -2.14. The minimum atomic E-state index is -0.947. The van der Waals surface area contributed by atoms with Crippen LogP contribution < -0.4 is 4.74 Å². The average molecular weight is 471 g/mol. The molecule has 1 aromatic heterocycles. The van der Waals surface area contributed by atoms with Crippen molar-refractivity contribution in [3.63, 3.8) is 0 Å². The van der Waals surface area contributed by atoms with Gasteiger partial charge in [0.1, 0.15) is 12.8 Å². The molecule has 4 heteroatoms. The van der Waals surface area contributed by atoms with Crippen molar-refractivity contribution in [2.45, 2.75) is 117 Å². The minimum absolute atomic E-state index is 0.0623. The molecule has 2 rings (SSSR count). The molecule has 1 aromatic carbocycles. The first kappa shape index (κ1) is 28.3. The van der Waals surface area contributed by atoms with Crippen LogP contribution >= 0.6 is 0 Å². The number of ether oxygens (including phenoxy) is 1. The van der Waals surface area contributed by atoms with E-state index in [1.54, 1.807) is 12.4 Å². The van der Waals surface area contributed by atoms with Crippen molar-refractivity contribution >= 4 is 0 Å². The molecule has 0 aliphatic heterocycles. The molecule has 2 aromatic rings. The monoisotopic (exact) mass is 470 g/mol. The van der Waals surface area contributed by atoms with Gasteiger partial charge in [-0.1, -0.05) is 109 Å². The van der Waals surface area contributed by atoms with Crippen molar-refractivity contribution in [1.29, 1.82) is 0 Å². The Labute approximate surface area is 208 Å². The zero-order chi connectivity index (χ0) is 24.4. The number of aromatic nitrogens is 2. The van der Waals surface area contributed by atoms with Crippen LogP contribution in [0.15, 0.2) is 36.7 Å². The van der Waals surface area contributed by atoms with Crippen molar-refractivity contribution in [2.24, 2.45) is 5.92 Å². The second-order valence-corrected chi connectivity index (χ2v) is 9.87. The number of halogens is 1. The van der Waals surface area contributed by atoms with Crippen molar-refractivity contribution in [1.82, 2.24) is 9.97 Å². The van der Waals surface area contributed by atoms with Gasteiger partial charge in [0, 0.05) is 5.56 Å². The predicted octanol–water partition coefficient (Wildman–Crippen LogP) is 9.15. The van der Waals surface area contributed by atoms with E-state index in [4.69, 9.17) is 4.74 Å². The van der Waals surface area contributed by atoms with Crippen LogP contribution in [0.1, 0.15) is 110 Å². The predicted molar refractivity (Wildman–Crippen MR) is 142 cm³/mol. The zero-order valence-electron chi connectivity index (χ0n) is 21.9. The normalized spacial score (nSPS) is 13.1. The van der Waals surface area contributed by atoms with Gasteiger partial charge in [-0.3, -0.25) is 0 Å². The van der Waals surface area contributed by atoms with Crippen LogP contribution in [0.5, 0.6) is 5.75 Å². The third-order valence-electron chi connectivity index (χ3n) is 6.76. The van der Waals surface area contributed by atoms with Crippen LogP contribution in [0.2, 0.25) is 0 Å². The van der Waals surface area contributed by atoms with Crippen molar-refractivity contribution in [3.8, 4) is 17.1 Å². The number of hydrogen-bond acceptors (Lipinski definition) is 3. The molecule has 2 unspecified atom stereocenters. The standard InChI is InChI=1S/C30H47FN2O/c1-4-6-7-8-9-10-11-12-13-14-15-26-17-19-27(20-18-26)30-32-22-29(23-33-30)34-24-28(31)21-16-25(3)5-2/h17-20,22-23,25,28H,4-16,21,24H2,1-3H3. The molecule has 0 fully saturated rings. The summed E-state index contributed by atoms with van der Waals surface area (Å²) in [7, 11) is 0. The number of alkyl halides is 1. The van der Waals surface area contributed by atoms with Gasteiger partial charge in [-0.05, 0) is 37.2 Å². The lowest BCUT2D eigenvalue weighted by Gasteiger charge is -2.12. The van der Waals surface area contributed by atoms with Crippen LogP contribution in [0, 0.1) is 5.92 Å². The van der Waals surface area contributed by atoms with E-state index in [9.17, 15) is 4.39 Å². The highest BCUT2D eigenvalue weighted by Crippen LogP contribution is 2.20. The van der Waals surface area contributed by atoms with E-state index < -0.39 is 6.17 Å². The maximum atomic E-state index is 14.0. The van der Waals surface area contributed by atoms with E-state index in [0.717, 1.165) is 24.8 Å². The number of rotatable bonds is 19. The number of nitrogens with zero attached hydrogens (tertiary/aromatic N) is 2. The molecule has 0 saturated heterocycles. The van der Waals surface area contributed by atoms with E-state index in [1.165, 1.54) is 69.8 Å². The Bertz CT molecular complexity index is 747. The van der Waals surface area contributed by atoms with E-state index in [0.29, 0.717) is 23.9 Å². The van der Waals surface area contributed by atoms with Crippen LogP contribution in [-0.4, -0.2) is 22.7 Å². The average Bonchev–Trinajstić information content (AvgIpc) is 2.87. The first-order valence-corrected chi connectivity index (χ1v) is 13.8. The van der Waals surface area contributed by atoms with Gasteiger partial charge in [0.15, 0.2) is 11.6 Å². The van der Waals surface area contributed by atoms with Gasteiger partial charge in [0.25, 0.3) is 0 Å². The molecule has 0 N–H and O–H groups in total. The maximum absolute atomic E-state index is 14.0. The second-order valence-electron chi connectivity index (χ2n) is 9.87. The smallest absolute Gasteiger partial charge is 0.159 e. The highest BCUT2D eigenvalue weighted by molar-refractivity contribution is 5.55. The summed E-state index contributed by atoms with van der Waals surface area (Å²) in [5.74, 6) is 1.75. The van der Waals surface area contributed by atoms with Gasteiger partial charge in [0.2, 0.25) is 0 Å². The molecule has 0 aliphatic carbocycles. The molecule has 0 aliphatic rings. The molecule has 1 heterocycles. The summed E-state index contributed by atoms with van der Waals surface area (Å²) < 4.78 is 19.6. The SMILES string of the molecule is CCCCCCCCCCCCc1ccc(-c2ncc(OCC(F)CCC(C)CC)cn2)cc1. The molecule has 0 amide bonds. The summed E-state index contributed by atoms with van der Waals surface area (Å²) >= 11 is 0. The van der Waals surface area contributed by atoms with Crippen molar-refractivity contribution < 1.29 is 9.13 Å². The largest absolute Gasteiger partial charge is 0.487 e. The molecular weight excluding hydrogens is 423 g/mol. The van der Waals surface area contributed by atoms with Gasteiger partial charge < -0.3 is 4.74 Å². The van der Waals surface area contributed by atoms with Crippen molar-refractivity contribution in [3.05, 3.63) is 42.2 Å². The molecule has 34 heavy (non-hydrogen) atoms. The van der Waals surface area contributed by atoms with Crippen LogP contribution in [-0.2, 0) is 6.42 Å². The Morgan fingerprint density at radius 1 is 0.794 bits per heavy atom. The summed E-state index contributed by atoms with van der Waals surface area (Å²) in [6, 6.07) is 8.55. The van der Waals surface area contributed by atoms with E-state index in [1.807, 2.05) is 0 Å². The summed E-state index contributed by atoms with van der Waals surface area (Å²) in [6.45, 7) is 6.63. The molecular formula is C30H47FN2O. The molecule has 0 radical (unpaired) electrons. The molecule has 2 atom stereocenters. The maximum Gasteiger partial charge on any atom is 0.159 e. The van der Waals surface area contributed by atoms with Gasteiger partial charge in [-0.25, -0.2) is 14.4 Å². The lowest BCUT2D eigenvalue weighted by atomic mass is 10.0. The molecule has 3 nitrogen and oxygen atoms in total. The van der Waals surface area contributed by atoms with Crippen LogP contribution in [0.25, 0.3) is 11.4 Å². The first-order valence-electron chi connectivity index (χ1n) is 13.8. The topological polar surface area (TPSA) is 35.0 Å². The summed E-state index contributed by atoms with van der Waals surface area (Å²) in [5.41, 5.74) is 2.37.